The van der Waals surface area contributed by atoms with Crippen LogP contribution in [0.15, 0.2) is 94.7 Å². The summed E-state index contributed by atoms with van der Waals surface area (Å²) >= 11 is 20.0. The maximum atomic E-state index is 14.9. The van der Waals surface area contributed by atoms with Crippen molar-refractivity contribution in [3.8, 4) is 33.4 Å². The molecule has 0 aliphatic rings. The molecule has 8 rings (SSSR count). The van der Waals surface area contributed by atoms with Gasteiger partial charge in [0.05, 0.1) is 25.6 Å². The van der Waals surface area contributed by atoms with E-state index in [-0.39, 0.29) is 66.1 Å². The van der Waals surface area contributed by atoms with E-state index < -0.39 is 39.4 Å². The fourth-order valence-electron chi connectivity index (χ4n) is 7.61. The van der Waals surface area contributed by atoms with E-state index in [2.05, 4.69) is 91.1 Å². The Bertz CT molecular complexity index is 3500. The van der Waals surface area contributed by atoms with Crippen LogP contribution in [0.1, 0.15) is 28.1 Å². The summed E-state index contributed by atoms with van der Waals surface area (Å²) in [5, 5.41) is 1.65. The quantitative estimate of drug-likeness (QED) is 0.0571. The number of benzene rings is 2. The third-order valence-electron chi connectivity index (χ3n) is 11.9. The Kier molecular flexibility index (Phi) is 22.0. The Balaban J connectivity index is 0.000000243. The molecule has 422 valence electrons. The molecule has 0 aliphatic carbocycles. The molecule has 0 fully saturated rings. The smallest absolute Gasteiger partial charge is 0.257 e. The average Bonchev–Trinajstić information content (AvgIpc) is 3.97. The zero-order valence-corrected chi connectivity index (χ0v) is 51.4. The molecule has 0 unspecified atom stereocenters. The van der Waals surface area contributed by atoms with Crippen LogP contribution in [-0.4, -0.2) is 108 Å². The molecule has 2 aromatic carbocycles. The van der Waals surface area contributed by atoms with Gasteiger partial charge in [0.1, 0.15) is 59.7 Å². The molecule has 8 aromatic rings. The first-order valence-electron chi connectivity index (χ1n) is 24.2. The van der Waals surface area contributed by atoms with Crippen LogP contribution in [0, 0.1) is 23.3 Å². The van der Waals surface area contributed by atoms with Gasteiger partial charge in [-0.1, -0.05) is 69.9 Å². The summed E-state index contributed by atoms with van der Waals surface area (Å²) < 4.78 is 73.8. The van der Waals surface area contributed by atoms with E-state index in [1.54, 1.807) is 80.4 Å². The number of amides is 2. The van der Waals surface area contributed by atoms with Crippen molar-refractivity contribution < 1.29 is 36.6 Å². The van der Waals surface area contributed by atoms with E-state index >= 15 is 0 Å². The number of carbonyl (C=O) groups is 2. The van der Waals surface area contributed by atoms with Crippen molar-refractivity contribution in [3.05, 3.63) is 139 Å². The van der Waals surface area contributed by atoms with Gasteiger partial charge in [-0.15, -0.1) is 0 Å². The molecule has 24 heteroatoms. The standard InChI is InChI=1S/C27H30ClF2N5O2Si.C19H20BrClF2N2OSi.C8H10BrN3O.CH4/c1-34(2)27(36)19-10-16(12-32-25(19)31)20-13-33-26-23(24(20)28)21(18-11-17(29)6-7-22(18)30)14-35(26)15-37-8-9-38(3,4)5;1-27(2,3)7-6-26-11-25-10-14(13-8-12(22)4-5-16(13)23)17-18(21)15(20)9-24-19(17)25;1-12(2)8(13)6-3-5(9)4-11-7(6)10;/h6-7,10-14H,8-9,15H2,1-5H3,(H2,31,32);4-5,8-10H,6-7,11H2,1-3H3;3-4H,1-2H3,(H2,10,11);1H4. The van der Waals surface area contributed by atoms with E-state index in [0.29, 0.717) is 72.6 Å². The first-order chi connectivity index (χ1) is 36.6. The van der Waals surface area contributed by atoms with Gasteiger partial charge >= 0.3 is 0 Å². The highest BCUT2D eigenvalue weighted by atomic mass is 79.9. The number of rotatable bonds is 15. The zero-order valence-electron chi connectivity index (χ0n) is 44.7. The number of aromatic nitrogens is 6. The Hall–Kier alpha value is -5.73. The van der Waals surface area contributed by atoms with Gasteiger partial charge in [-0.2, -0.15) is 0 Å². The van der Waals surface area contributed by atoms with Crippen LogP contribution < -0.4 is 11.5 Å². The van der Waals surface area contributed by atoms with E-state index in [1.165, 1.54) is 16.0 Å². The maximum Gasteiger partial charge on any atom is 0.257 e. The van der Waals surface area contributed by atoms with Crippen molar-refractivity contribution in [2.24, 2.45) is 0 Å². The number of hydrogen-bond donors (Lipinski definition) is 2. The second-order valence-electron chi connectivity index (χ2n) is 20.9. The first-order valence-corrected chi connectivity index (χ1v) is 34.0. The largest absolute Gasteiger partial charge is 0.383 e. The lowest BCUT2D eigenvalue weighted by Crippen LogP contribution is -2.23. The van der Waals surface area contributed by atoms with Crippen LogP contribution in [-0.2, 0) is 22.9 Å². The number of hydrogen-bond acceptors (Lipinski definition) is 10. The fraction of sp³-hybridized carbons (Fsp3) is 0.309. The number of carbonyl (C=O) groups excluding carboxylic acids is 2. The topological polar surface area (TPSA) is 173 Å². The molecule has 0 radical (unpaired) electrons. The molecule has 4 N–H and O–H groups in total. The lowest BCUT2D eigenvalue weighted by molar-refractivity contribution is 0.0821. The lowest BCUT2D eigenvalue weighted by Gasteiger charge is -2.15. The van der Waals surface area contributed by atoms with Gasteiger partial charge in [0.25, 0.3) is 11.8 Å². The van der Waals surface area contributed by atoms with Crippen LogP contribution in [0.25, 0.3) is 55.4 Å². The second-order valence-corrected chi connectivity index (χ2v) is 34.7. The summed E-state index contributed by atoms with van der Waals surface area (Å²) in [6.07, 6.45) is 9.59. The number of nitrogens with two attached hydrogens (primary N) is 2. The Morgan fingerprint density at radius 3 is 1.48 bits per heavy atom. The molecule has 6 aromatic heterocycles. The number of halogens is 8. The van der Waals surface area contributed by atoms with Crippen molar-refractivity contribution in [2.45, 2.75) is 72.3 Å². The normalized spacial score (nSPS) is 11.4. The molecule has 0 saturated heterocycles. The zero-order chi connectivity index (χ0) is 57.6. The van der Waals surface area contributed by atoms with E-state index in [4.69, 9.17) is 44.1 Å². The summed E-state index contributed by atoms with van der Waals surface area (Å²) in [6, 6.07) is 11.9. The predicted octanol–water partition coefficient (Wildman–Crippen LogP) is 14.8. The summed E-state index contributed by atoms with van der Waals surface area (Å²) in [4.78, 5) is 44.0. The average molecular weight is 1290 g/mol. The van der Waals surface area contributed by atoms with Crippen molar-refractivity contribution in [1.29, 1.82) is 0 Å². The summed E-state index contributed by atoms with van der Waals surface area (Å²) in [6.45, 7) is 15.3. The van der Waals surface area contributed by atoms with Crippen LogP contribution in [0.5, 0.6) is 0 Å². The van der Waals surface area contributed by atoms with Crippen LogP contribution in [0.2, 0.25) is 61.4 Å². The fourth-order valence-corrected chi connectivity index (χ4v) is 10.3. The van der Waals surface area contributed by atoms with Crippen LogP contribution in [0.4, 0.5) is 29.2 Å². The highest BCUT2D eigenvalue weighted by Gasteiger charge is 2.24. The van der Waals surface area contributed by atoms with E-state index in [1.807, 2.05) is 0 Å². The van der Waals surface area contributed by atoms with Crippen molar-refractivity contribution in [1.82, 2.24) is 38.9 Å². The Labute approximate surface area is 486 Å². The van der Waals surface area contributed by atoms with Gasteiger partial charge in [0.15, 0.2) is 0 Å². The van der Waals surface area contributed by atoms with Gasteiger partial charge in [-0.3, -0.25) is 9.59 Å². The monoisotopic (exact) mass is 1290 g/mol. The number of fused-ring (bicyclic) bond motifs is 2. The predicted molar refractivity (Wildman–Crippen MR) is 323 cm³/mol. The third-order valence-corrected chi connectivity index (χ3v) is 17.3. The number of ether oxygens (including phenoxy) is 2. The number of nitrogens with zero attached hydrogens (tertiary/aromatic N) is 8. The number of anilines is 2. The Morgan fingerprint density at radius 1 is 0.595 bits per heavy atom. The molecule has 79 heavy (non-hydrogen) atoms. The summed E-state index contributed by atoms with van der Waals surface area (Å²) in [5.41, 5.74) is 15.2. The molecule has 6 heterocycles. The summed E-state index contributed by atoms with van der Waals surface area (Å²) in [5.74, 6) is -2.34. The molecule has 0 spiro atoms. The minimum atomic E-state index is -1.29. The van der Waals surface area contributed by atoms with Gasteiger partial charge in [-0.05, 0) is 92.5 Å². The van der Waals surface area contributed by atoms with Gasteiger partial charge in [-0.25, -0.2) is 37.5 Å². The number of nitrogen functional groups attached to an aromatic ring is 2. The minimum absolute atomic E-state index is 0. The molecule has 0 aliphatic heterocycles. The highest BCUT2D eigenvalue weighted by molar-refractivity contribution is 9.10. The van der Waals surface area contributed by atoms with Gasteiger partial charge in [0.2, 0.25) is 0 Å². The van der Waals surface area contributed by atoms with Crippen LogP contribution in [0.3, 0.4) is 0 Å². The first kappa shape index (κ1) is 64.1. The molecule has 0 bridgehead atoms. The van der Waals surface area contributed by atoms with E-state index in [9.17, 15) is 27.2 Å². The van der Waals surface area contributed by atoms with Gasteiger partial charge in [0, 0.05) is 143 Å². The van der Waals surface area contributed by atoms with Crippen molar-refractivity contribution in [3.63, 3.8) is 0 Å². The second kappa shape index (κ2) is 27.2. The number of pyridine rings is 4. The highest BCUT2D eigenvalue weighted by Crippen LogP contribution is 2.42. The van der Waals surface area contributed by atoms with E-state index in [0.717, 1.165) is 53.0 Å². The third kappa shape index (κ3) is 16.2. The lowest BCUT2D eigenvalue weighted by atomic mass is 10.0. The molecular formula is C55H64Br2Cl2F4N10O4Si2. The molecular weight excluding hydrogens is 1230 g/mol. The SMILES string of the molecule is C.CN(C)C(=O)c1cc(-c2cnc3c(c(-c4cc(F)ccc4F)cn3COCC[Si](C)(C)C)c2Cl)cnc1N.CN(C)C(=O)c1cc(Br)cnc1N.C[Si](C)(C)CCOCn1cc(-c2cc(F)ccc2F)c2c(Cl)c(Br)cnc21. The minimum Gasteiger partial charge on any atom is -0.383 e. The molecule has 0 saturated carbocycles. The van der Waals surface area contributed by atoms with Crippen molar-refractivity contribution in [2.75, 3.05) is 52.9 Å². The molecule has 14 nitrogen and oxygen atoms in total. The summed E-state index contributed by atoms with van der Waals surface area (Å²) in [7, 11) is 4.08. The Morgan fingerprint density at radius 2 is 1.03 bits per heavy atom. The molecule has 0 atom stereocenters. The maximum absolute atomic E-state index is 14.9. The van der Waals surface area contributed by atoms with Crippen LogP contribution >= 0.6 is 55.1 Å². The molecule has 2 amide bonds. The van der Waals surface area contributed by atoms with Gasteiger partial charge < -0.3 is 39.9 Å². The van der Waals surface area contributed by atoms with Crippen molar-refractivity contribution >= 4 is 117 Å².